The molecule has 0 spiro atoms. The number of hydrogen-bond acceptors (Lipinski definition) is 8. The number of thiazole rings is 1. The molecule has 2 N–H and O–H groups in total. The molecule has 11 heteroatoms. The van der Waals surface area contributed by atoms with E-state index in [2.05, 4.69) is 25.7 Å². The average molecular weight is 495 g/mol. The molecule has 0 unspecified atom stereocenters. The van der Waals surface area contributed by atoms with Crippen LogP contribution in [0.1, 0.15) is 64.8 Å². The smallest absolute Gasteiger partial charge is 0.275 e. The number of fused-ring (bicyclic) bond motifs is 6. The summed E-state index contributed by atoms with van der Waals surface area (Å²) < 4.78 is 7.21. The third-order valence-electron chi connectivity index (χ3n) is 6.12. The number of nitrogens with one attached hydrogen (secondary N) is 2. The third kappa shape index (κ3) is 5.46. The summed E-state index contributed by atoms with van der Waals surface area (Å²) >= 11 is 1.35. The van der Waals surface area contributed by atoms with Gasteiger partial charge in [0, 0.05) is 61.6 Å². The maximum atomic E-state index is 13.1. The Morgan fingerprint density at radius 2 is 1.97 bits per heavy atom. The summed E-state index contributed by atoms with van der Waals surface area (Å²) in [6.45, 7) is 1.65. The van der Waals surface area contributed by atoms with Crippen molar-refractivity contribution in [3.05, 3.63) is 47.0 Å². The minimum atomic E-state index is -0.393. The molecule has 0 saturated carbocycles. The van der Waals surface area contributed by atoms with Crippen LogP contribution in [0.25, 0.3) is 10.6 Å². The van der Waals surface area contributed by atoms with Crippen molar-refractivity contribution in [2.75, 3.05) is 25.1 Å². The van der Waals surface area contributed by atoms with Gasteiger partial charge in [-0.05, 0) is 37.8 Å². The number of rotatable bonds is 1. The van der Waals surface area contributed by atoms with E-state index in [0.29, 0.717) is 49.7 Å². The number of ether oxygens (including phenoxy) is 1. The summed E-state index contributed by atoms with van der Waals surface area (Å²) in [7, 11) is 0. The summed E-state index contributed by atoms with van der Waals surface area (Å²) in [5.74, 6) is -0.658. The van der Waals surface area contributed by atoms with Crippen LogP contribution in [0.4, 0.5) is 5.69 Å². The zero-order valence-electron chi connectivity index (χ0n) is 19.2. The number of aryl methyl sites for hydroxylation is 1. The van der Waals surface area contributed by atoms with Gasteiger partial charge in [0.05, 0.1) is 11.7 Å². The number of carbonyl (C=O) groups excluding carboxylic acids is 3. The van der Waals surface area contributed by atoms with Crippen molar-refractivity contribution in [2.24, 2.45) is 0 Å². The molecule has 0 atom stereocenters. The maximum absolute atomic E-state index is 13.1. The molecule has 1 saturated heterocycles. The van der Waals surface area contributed by atoms with Gasteiger partial charge in [-0.15, -0.1) is 11.3 Å². The Balaban J connectivity index is 1.46. The first-order valence-electron chi connectivity index (χ1n) is 11.8. The summed E-state index contributed by atoms with van der Waals surface area (Å²) in [6, 6.07) is 3.83. The van der Waals surface area contributed by atoms with Gasteiger partial charge in [-0.2, -0.15) is 5.10 Å². The van der Waals surface area contributed by atoms with Crippen LogP contribution in [0.2, 0.25) is 0 Å². The lowest BCUT2D eigenvalue weighted by Gasteiger charge is -2.22. The van der Waals surface area contributed by atoms with E-state index in [-0.39, 0.29) is 35.5 Å². The van der Waals surface area contributed by atoms with Crippen LogP contribution in [-0.4, -0.2) is 57.1 Å². The van der Waals surface area contributed by atoms with Crippen molar-refractivity contribution in [2.45, 2.75) is 44.6 Å². The van der Waals surface area contributed by atoms with Crippen molar-refractivity contribution >= 4 is 34.6 Å². The average Bonchev–Trinajstić information content (AvgIpc) is 3.54. The van der Waals surface area contributed by atoms with E-state index < -0.39 is 5.91 Å². The summed E-state index contributed by atoms with van der Waals surface area (Å²) in [4.78, 5) is 47.2. The standard InChI is InChI=1S/C24H26N6O4S/c31-20-2-1-8-26-21(32)4-3-16-12-15(5-9-25-16)24-28-19(14-35-24)23(33)27-18-13-30(29-22(18)20)17-6-10-34-11-7-17/h5,9,12-14,17H,1-4,6-8,10-11H2,(H,26,32)(H,27,33). The molecule has 3 aromatic rings. The number of carbonyl (C=O) groups is 3. The number of nitrogens with zero attached hydrogens (tertiary/aromatic N) is 4. The molecule has 0 aliphatic carbocycles. The highest BCUT2D eigenvalue weighted by Gasteiger charge is 2.24. The third-order valence-corrected chi connectivity index (χ3v) is 7.01. The first-order valence-corrected chi connectivity index (χ1v) is 12.6. The monoisotopic (exact) mass is 494 g/mol. The molecular weight excluding hydrogens is 468 g/mol. The van der Waals surface area contributed by atoms with Crippen LogP contribution in [0, 0.1) is 0 Å². The van der Waals surface area contributed by atoms with Crippen LogP contribution in [0.5, 0.6) is 0 Å². The fourth-order valence-corrected chi connectivity index (χ4v) is 4.99. The zero-order chi connectivity index (χ0) is 24.2. The number of Topliss-reactive ketones (excluding diaryl/α,β-unsaturated/α-hetero) is 1. The van der Waals surface area contributed by atoms with Crippen molar-refractivity contribution in [3.63, 3.8) is 0 Å². The second-order valence-electron chi connectivity index (χ2n) is 8.62. The quantitative estimate of drug-likeness (QED) is 0.532. The summed E-state index contributed by atoms with van der Waals surface area (Å²) in [6.07, 6.45) is 6.47. The van der Waals surface area contributed by atoms with Gasteiger partial charge >= 0.3 is 0 Å². The molecule has 2 aliphatic rings. The van der Waals surface area contributed by atoms with E-state index in [0.717, 1.165) is 24.1 Å². The fraction of sp³-hybridized carbons (Fsp3) is 0.417. The molecule has 35 heavy (non-hydrogen) atoms. The van der Waals surface area contributed by atoms with E-state index >= 15 is 0 Å². The van der Waals surface area contributed by atoms with Crippen LogP contribution < -0.4 is 10.6 Å². The Bertz CT molecular complexity index is 1250. The maximum Gasteiger partial charge on any atom is 0.275 e. The number of pyridine rings is 1. The van der Waals surface area contributed by atoms with Gasteiger partial charge in [0.25, 0.3) is 5.91 Å². The van der Waals surface area contributed by atoms with Crippen molar-refractivity contribution < 1.29 is 19.1 Å². The van der Waals surface area contributed by atoms with Crippen LogP contribution in [0.3, 0.4) is 0 Å². The molecule has 3 aromatic heterocycles. The van der Waals surface area contributed by atoms with Gasteiger partial charge < -0.3 is 15.4 Å². The normalized spacial score (nSPS) is 18.2. The van der Waals surface area contributed by atoms with Crippen molar-refractivity contribution in [1.29, 1.82) is 0 Å². The van der Waals surface area contributed by atoms with E-state index in [1.807, 2.05) is 12.1 Å². The Morgan fingerprint density at radius 3 is 2.83 bits per heavy atom. The highest BCUT2D eigenvalue weighted by Crippen LogP contribution is 2.27. The predicted molar refractivity (Wildman–Crippen MR) is 130 cm³/mol. The lowest BCUT2D eigenvalue weighted by molar-refractivity contribution is -0.121. The summed E-state index contributed by atoms with van der Waals surface area (Å²) in [5.41, 5.74) is 2.48. The molecule has 0 aromatic carbocycles. The van der Waals surface area contributed by atoms with Crippen LogP contribution >= 0.6 is 11.3 Å². The molecule has 5 heterocycles. The largest absolute Gasteiger partial charge is 0.381 e. The van der Waals surface area contributed by atoms with Crippen molar-refractivity contribution in [3.8, 4) is 10.6 Å². The molecular formula is C24H26N6O4S. The first-order chi connectivity index (χ1) is 17.1. The lowest BCUT2D eigenvalue weighted by Crippen LogP contribution is -2.25. The summed E-state index contributed by atoms with van der Waals surface area (Å²) in [5, 5.41) is 12.6. The van der Waals surface area contributed by atoms with E-state index in [4.69, 9.17) is 4.74 Å². The Hall–Kier alpha value is -3.44. The lowest BCUT2D eigenvalue weighted by atomic mass is 10.1. The minimum absolute atomic E-state index is 0.0842. The fourth-order valence-electron chi connectivity index (χ4n) is 4.20. The Kier molecular flexibility index (Phi) is 6.96. The van der Waals surface area contributed by atoms with Gasteiger partial charge in [-0.1, -0.05) is 0 Å². The van der Waals surface area contributed by atoms with Crippen LogP contribution in [-0.2, 0) is 16.0 Å². The minimum Gasteiger partial charge on any atom is -0.381 e. The SMILES string of the molecule is O=C1CCc2cc(ccn2)-c2nc(cs2)C(=O)Nc2cn(C3CCOCC3)nc2C(=O)CCCN1. The zero-order valence-corrected chi connectivity index (χ0v) is 20.0. The van der Waals surface area contributed by atoms with Gasteiger partial charge in [0.15, 0.2) is 11.5 Å². The molecule has 4 bridgehead atoms. The first kappa shape index (κ1) is 23.3. The van der Waals surface area contributed by atoms with E-state index in [9.17, 15) is 14.4 Å². The van der Waals surface area contributed by atoms with Gasteiger partial charge in [-0.25, -0.2) is 4.98 Å². The molecule has 5 rings (SSSR count). The van der Waals surface area contributed by atoms with Gasteiger partial charge in [0.2, 0.25) is 5.91 Å². The molecule has 2 aliphatic heterocycles. The number of amides is 2. The topological polar surface area (TPSA) is 128 Å². The molecule has 2 amide bonds. The Morgan fingerprint density at radius 1 is 1.11 bits per heavy atom. The number of ketones is 1. The highest BCUT2D eigenvalue weighted by molar-refractivity contribution is 7.13. The Labute approximate surface area is 206 Å². The predicted octanol–water partition coefficient (Wildman–Crippen LogP) is 3.03. The highest BCUT2D eigenvalue weighted by atomic mass is 32.1. The molecule has 182 valence electrons. The number of anilines is 1. The van der Waals surface area contributed by atoms with E-state index in [1.165, 1.54) is 11.3 Å². The second-order valence-corrected chi connectivity index (χ2v) is 9.48. The molecule has 10 nitrogen and oxygen atoms in total. The van der Waals surface area contributed by atoms with Crippen LogP contribution in [0.15, 0.2) is 29.9 Å². The molecule has 1 fully saturated rings. The molecule has 0 radical (unpaired) electrons. The van der Waals surface area contributed by atoms with Gasteiger partial charge in [0.1, 0.15) is 10.7 Å². The number of hydrogen-bond donors (Lipinski definition) is 2. The number of aromatic nitrogens is 4. The van der Waals surface area contributed by atoms with Crippen molar-refractivity contribution in [1.82, 2.24) is 25.1 Å². The van der Waals surface area contributed by atoms with E-state index in [1.54, 1.807) is 22.5 Å². The second kappa shape index (κ2) is 10.4. The van der Waals surface area contributed by atoms with Gasteiger partial charge in [-0.3, -0.25) is 24.0 Å².